The molecule has 0 N–H and O–H groups in total. The van der Waals surface area contributed by atoms with Crippen molar-refractivity contribution in [1.82, 2.24) is 20.2 Å². The predicted octanol–water partition coefficient (Wildman–Crippen LogP) is 4.48. The maximum Gasteiger partial charge on any atom is 0.214 e. The highest BCUT2D eigenvalue weighted by Gasteiger charge is 2.16. The number of halogens is 1. The van der Waals surface area contributed by atoms with Gasteiger partial charge in [0.1, 0.15) is 0 Å². The van der Waals surface area contributed by atoms with Crippen molar-refractivity contribution in [2.75, 3.05) is 0 Å². The van der Waals surface area contributed by atoms with Crippen LogP contribution in [0.15, 0.2) is 53.7 Å². The summed E-state index contributed by atoms with van der Waals surface area (Å²) in [5.74, 6) is 0. The Kier molecular flexibility index (Phi) is 4.45. The van der Waals surface area contributed by atoms with E-state index in [9.17, 15) is 0 Å². The van der Waals surface area contributed by atoms with Gasteiger partial charge in [-0.15, -0.1) is 5.10 Å². The Bertz CT molecular complexity index is 787. The molecule has 0 saturated carbocycles. The topological polar surface area (TPSA) is 43.6 Å². The lowest BCUT2D eigenvalue weighted by molar-refractivity contribution is 0.754. The highest BCUT2D eigenvalue weighted by Crippen LogP contribution is 2.37. The zero-order valence-corrected chi connectivity index (χ0v) is 13.8. The molecule has 112 valence electrons. The summed E-state index contributed by atoms with van der Waals surface area (Å²) >= 11 is 7.85. The second-order valence-electron chi connectivity index (χ2n) is 4.99. The van der Waals surface area contributed by atoms with Crippen molar-refractivity contribution in [3.63, 3.8) is 0 Å². The molecule has 1 unspecified atom stereocenters. The molecule has 1 aromatic heterocycles. The number of aromatic nitrogens is 4. The average Bonchev–Trinajstić information content (AvgIpc) is 2.95. The normalized spacial score (nSPS) is 12.3. The molecule has 3 aromatic rings. The number of aryl methyl sites for hydroxylation is 1. The minimum absolute atomic E-state index is 0.156. The van der Waals surface area contributed by atoms with Gasteiger partial charge in [-0.1, -0.05) is 53.7 Å². The van der Waals surface area contributed by atoms with E-state index >= 15 is 0 Å². The van der Waals surface area contributed by atoms with Crippen LogP contribution in [-0.2, 0) is 0 Å². The predicted molar refractivity (Wildman–Crippen MR) is 89.6 cm³/mol. The molecule has 2 aromatic carbocycles. The van der Waals surface area contributed by atoms with Gasteiger partial charge in [0.2, 0.25) is 5.16 Å². The SMILES string of the molecule is Cc1cccc(-n2nnnc2SC(C)c2ccccc2Cl)c1. The van der Waals surface area contributed by atoms with Crippen molar-refractivity contribution < 1.29 is 0 Å². The molecule has 0 spiro atoms. The van der Waals surface area contributed by atoms with Crippen molar-refractivity contribution in [2.45, 2.75) is 24.3 Å². The van der Waals surface area contributed by atoms with Gasteiger partial charge in [0.25, 0.3) is 0 Å². The van der Waals surface area contributed by atoms with Gasteiger partial charge in [-0.25, -0.2) is 0 Å². The van der Waals surface area contributed by atoms with Gasteiger partial charge in [-0.3, -0.25) is 0 Å². The number of hydrogen-bond donors (Lipinski definition) is 0. The standard InChI is InChI=1S/C16H15ClN4S/c1-11-6-5-7-13(10-11)21-16(18-19-20-21)22-12(2)14-8-3-4-9-15(14)17/h3-10,12H,1-2H3. The largest absolute Gasteiger partial charge is 0.214 e. The molecule has 0 amide bonds. The van der Waals surface area contributed by atoms with Crippen molar-refractivity contribution >= 4 is 23.4 Å². The fourth-order valence-electron chi connectivity index (χ4n) is 2.20. The summed E-state index contributed by atoms with van der Waals surface area (Å²) in [4.78, 5) is 0. The molecule has 0 fully saturated rings. The third-order valence-corrected chi connectivity index (χ3v) is 4.73. The first-order valence-electron chi connectivity index (χ1n) is 6.91. The van der Waals surface area contributed by atoms with E-state index in [1.165, 1.54) is 5.56 Å². The van der Waals surface area contributed by atoms with E-state index in [0.717, 1.165) is 21.4 Å². The number of tetrazole rings is 1. The van der Waals surface area contributed by atoms with E-state index in [2.05, 4.69) is 28.5 Å². The Morgan fingerprint density at radius 1 is 1.14 bits per heavy atom. The lowest BCUT2D eigenvalue weighted by Crippen LogP contribution is -2.00. The van der Waals surface area contributed by atoms with Crippen molar-refractivity contribution in [3.8, 4) is 5.69 Å². The van der Waals surface area contributed by atoms with E-state index < -0.39 is 0 Å². The van der Waals surface area contributed by atoms with Gasteiger partial charge in [0.15, 0.2) is 0 Å². The number of nitrogens with zero attached hydrogens (tertiary/aromatic N) is 4. The van der Waals surface area contributed by atoms with Crippen molar-refractivity contribution in [3.05, 3.63) is 64.7 Å². The van der Waals surface area contributed by atoms with Crippen LogP contribution in [0.25, 0.3) is 5.69 Å². The van der Waals surface area contributed by atoms with Gasteiger partial charge in [-0.2, -0.15) is 4.68 Å². The molecule has 0 aliphatic heterocycles. The number of hydrogen-bond acceptors (Lipinski definition) is 4. The van der Waals surface area contributed by atoms with Gasteiger partial charge >= 0.3 is 0 Å². The first kappa shape index (κ1) is 15.1. The fraction of sp³-hybridized carbons (Fsp3) is 0.188. The van der Waals surface area contributed by atoms with Crippen LogP contribution >= 0.6 is 23.4 Å². The van der Waals surface area contributed by atoms with Gasteiger partial charge in [0, 0.05) is 10.3 Å². The second-order valence-corrected chi connectivity index (χ2v) is 6.71. The summed E-state index contributed by atoms with van der Waals surface area (Å²) in [5.41, 5.74) is 3.20. The third-order valence-electron chi connectivity index (χ3n) is 3.31. The molecular weight excluding hydrogens is 316 g/mol. The summed E-state index contributed by atoms with van der Waals surface area (Å²) in [6.45, 7) is 4.15. The molecule has 0 aliphatic rings. The molecule has 0 bridgehead atoms. The van der Waals surface area contributed by atoms with E-state index in [-0.39, 0.29) is 5.25 Å². The average molecular weight is 331 g/mol. The Hall–Kier alpha value is -1.85. The third kappa shape index (κ3) is 3.15. The van der Waals surface area contributed by atoms with Crippen LogP contribution in [0.3, 0.4) is 0 Å². The number of thioether (sulfide) groups is 1. The second kappa shape index (κ2) is 6.50. The maximum atomic E-state index is 6.27. The maximum absolute atomic E-state index is 6.27. The Balaban J connectivity index is 1.88. The van der Waals surface area contributed by atoms with E-state index in [1.807, 2.05) is 49.4 Å². The Labute approximate surface area is 138 Å². The van der Waals surface area contributed by atoms with E-state index in [4.69, 9.17) is 11.6 Å². The van der Waals surface area contributed by atoms with Crippen LogP contribution in [0.1, 0.15) is 23.3 Å². The number of benzene rings is 2. The molecule has 0 radical (unpaired) electrons. The summed E-state index contributed by atoms with van der Waals surface area (Å²) in [6, 6.07) is 15.9. The number of rotatable bonds is 4. The lowest BCUT2D eigenvalue weighted by Gasteiger charge is -2.12. The molecule has 0 saturated heterocycles. The highest BCUT2D eigenvalue weighted by atomic mass is 35.5. The molecule has 1 atom stereocenters. The molecule has 1 heterocycles. The minimum atomic E-state index is 0.156. The zero-order valence-electron chi connectivity index (χ0n) is 12.3. The monoisotopic (exact) mass is 330 g/mol. The fourth-order valence-corrected chi connectivity index (χ4v) is 3.54. The Morgan fingerprint density at radius 3 is 2.73 bits per heavy atom. The summed E-state index contributed by atoms with van der Waals surface area (Å²) in [7, 11) is 0. The smallest absolute Gasteiger partial charge is 0.187 e. The quantitative estimate of drug-likeness (QED) is 0.662. The van der Waals surface area contributed by atoms with Gasteiger partial charge in [0.05, 0.1) is 5.69 Å². The molecule has 0 aliphatic carbocycles. The lowest BCUT2D eigenvalue weighted by atomic mass is 10.2. The highest BCUT2D eigenvalue weighted by molar-refractivity contribution is 7.99. The zero-order chi connectivity index (χ0) is 15.5. The van der Waals surface area contributed by atoms with Crippen molar-refractivity contribution in [2.24, 2.45) is 0 Å². The minimum Gasteiger partial charge on any atom is -0.187 e. The van der Waals surface area contributed by atoms with Crippen LogP contribution in [0.5, 0.6) is 0 Å². The first-order chi connectivity index (χ1) is 10.6. The van der Waals surface area contributed by atoms with Crippen LogP contribution < -0.4 is 0 Å². The first-order valence-corrected chi connectivity index (χ1v) is 8.17. The summed E-state index contributed by atoms with van der Waals surface area (Å²) < 4.78 is 1.75. The Morgan fingerprint density at radius 2 is 1.95 bits per heavy atom. The summed E-state index contributed by atoms with van der Waals surface area (Å²) in [5, 5.41) is 13.7. The summed E-state index contributed by atoms with van der Waals surface area (Å²) in [6.07, 6.45) is 0. The van der Waals surface area contributed by atoms with Gasteiger partial charge in [-0.05, 0) is 53.6 Å². The molecular formula is C16H15ClN4S. The molecule has 6 heteroatoms. The van der Waals surface area contributed by atoms with Crippen LogP contribution in [0.2, 0.25) is 5.02 Å². The van der Waals surface area contributed by atoms with Crippen LogP contribution in [0.4, 0.5) is 0 Å². The van der Waals surface area contributed by atoms with Gasteiger partial charge < -0.3 is 0 Å². The molecule has 3 rings (SSSR count). The molecule has 22 heavy (non-hydrogen) atoms. The van der Waals surface area contributed by atoms with Crippen LogP contribution in [-0.4, -0.2) is 20.2 Å². The van der Waals surface area contributed by atoms with Crippen LogP contribution in [0, 0.1) is 6.92 Å². The van der Waals surface area contributed by atoms with Crippen molar-refractivity contribution in [1.29, 1.82) is 0 Å². The van der Waals surface area contributed by atoms with E-state index in [1.54, 1.807) is 16.4 Å². The van der Waals surface area contributed by atoms with E-state index in [0.29, 0.717) is 0 Å². The molecule has 4 nitrogen and oxygen atoms in total.